The zero-order valence-electron chi connectivity index (χ0n) is 11.3. The first-order valence-corrected chi connectivity index (χ1v) is 6.75. The van der Waals surface area contributed by atoms with Gasteiger partial charge >= 0.3 is 0 Å². The van der Waals surface area contributed by atoms with Gasteiger partial charge in [-0.15, -0.1) is 0 Å². The van der Waals surface area contributed by atoms with Crippen molar-refractivity contribution in [1.82, 2.24) is 9.88 Å². The molecule has 0 unspecified atom stereocenters. The van der Waals surface area contributed by atoms with Gasteiger partial charge in [-0.25, -0.2) is 4.98 Å². The lowest BCUT2D eigenvalue weighted by molar-refractivity contribution is 0.188. The predicted molar refractivity (Wildman–Crippen MR) is 74.1 cm³/mol. The second-order valence-electron chi connectivity index (χ2n) is 5.15. The van der Waals surface area contributed by atoms with Crippen molar-refractivity contribution in [2.45, 2.75) is 19.8 Å². The van der Waals surface area contributed by atoms with Crippen LogP contribution < -0.4 is 4.90 Å². The molecule has 18 heavy (non-hydrogen) atoms. The van der Waals surface area contributed by atoms with Crippen LogP contribution in [0.5, 0.6) is 0 Å². The van der Waals surface area contributed by atoms with Gasteiger partial charge in [-0.1, -0.05) is 13.8 Å². The van der Waals surface area contributed by atoms with Gasteiger partial charge < -0.3 is 10.0 Å². The van der Waals surface area contributed by atoms with E-state index in [1.807, 2.05) is 6.20 Å². The number of pyridine rings is 1. The minimum atomic E-state index is 0.251. The van der Waals surface area contributed by atoms with Crippen LogP contribution in [0.15, 0.2) is 18.3 Å². The van der Waals surface area contributed by atoms with E-state index < -0.39 is 0 Å². The van der Waals surface area contributed by atoms with E-state index in [4.69, 9.17) is 5.11 Å². The third-order valence-electron chi connectivity index (χ3n) is 3.55. The lowest BCUT2D eigenvalue weighted by Gasteiger charge is -2.35. The first-order valence-electron chi connectivity index (χ1n) is 6.75. The van der Waals surface area contributed by atoms with Crippen LogP contribution in [-0.2, 0) is 0 Å². The molecule has 1 N–H and O–H groups in total. The zero-order valence-corrected chi connectivity index (χ0v) is 11.3. The molecule has 0 saturated carbocycles. The van der Waals surface area contributed by atoms with Crippen LogP contribution in [0.25, 0.3) is 0 Å². The van der Waals surface area contributed by atoms with Crippen molar-refractivity contribution in [3.8, 4) is 0 Å². The topological polar surface area (TPSA) is 39.6 Å². The Labute approximate surface area is 109 Å². The molecule has 1 aliphatic rings. The quantitative estimate of drug-likeness (QED) is 0.873. The molecular weight excluding hydrogens is 226 g/mol. The Balaban J connectivity index is 1.98. The maximum atomic E-state index is 8.93. The third-order valence-corrected chi connectivity index (χ3v) is 3.55. The van der Waals surface area contributed by atoms with Crippen molar-refractivity contribution < 1.29 is 5.11 Å². The van der Waals surface area contributed by atoms with Crippen molar-refractivity contribution in [2.24, 2.45) is 0 Å². The Morgan fingerprint density at radius 1 is 1.28 bits per heavy atom. The summed E-state index contributed by atoms with van der Waals surface area (Å²) in [5.41, 5.74) is 1.35. The maximum Gasteiger partial charge on any atom is 0.128 e. The van der Waals surface area contributed by atoms with E-state index in [1.54, 1.807) is 0 Å². The third kappa shape index (κ3) is 3.21. The van der Waals surface area contributed by atoms with Crippen molar-refractivity contribution in [1.29, 1.82) is 0 Å². The normalized spacial score (nSPS) is 17.4. The highest BCUT2D eigenvalue weighted by molar-refractivity contribution is 5.42. The maximum absolute atomic E-state index is 8.93. The van der Waals surface area contributed by atoms with E-state index in [-0.39, 0.29) is 6.61 Å². The summed E-state index contributed by atoms with van der Waals surface area (Å²) in [4.78, 5) is 9.10. The second kappa shape index (κ2) is 6.16. The van der Waals surface area contributed by atoms with Crippen LogP contribution in [0.4, 0.5) is 5.82 Å². The largest absolute Gasteiger partial charge is 0.395 e. The summed E-state index contributed by atoms with van der Waals surface area (Å²) in [6, 6.07) is 4.29. The van der Waals surface area contributed by atoms with E-state index in [2.05, 4.69) is 40.8 Å². The van der Waals surface area contributed by atoms with E-state index >= 15 is 0 Å². The van der Waals surface area contributed by atoms with Gasteiger partial charge in [0.25, 0.3) is 0 Å². The minimum absolute atomic E-state index is 0.251. The van der Waals surface area contributed by atoms with Crippen LogP contribution in [0, 0.1) is 0 Å². The van der Waals surface area contributed by atoms with Gasteiger partial charge in [0.05, 0.1) is 6.61 Å². The summed E-state index contributed by atoms with van der Waals surface area (Å²) >= 11 is 0. The molecule has 1 fully saturated rings. The van der Waals surface area contributed by atoms with Crippen molar-refractivity contribution in [3.05, 3.63) is 23.9 Å². The first-order chi connectivity index (χ1) is 8.70. The molecule has 2 heterocycles. The summed E-state index contributed by atoms with van der Waals surface area (Å²) in [6.07, 6.45) is 1.91. The van der Waals surface area contributed by atoms with Gasteiger partial charge in [0.15, 0.2) is 0 Å². The lowest BCUT2D eigenvalue weighted by Crippen LogP contribution is -2.47. The fraction of sp³-hybridized carbons (Fsp3) is 0.643. The predicted octanol–water partition coefficient (Wildman–Crippen LogP) is 1.32. The molecule has 100 valence electrons. The van der Waals surface area contributed by atoms with Crippen LogP contribution in [-0.4, -0.2) is 54.3 Å². The fourth-order valence-corrected chi connectivity index (χ4v) is 2.31. The van der Waals surface area contributed by atoms with Gasteiger partial charge in [-0.05, 0) is 23.6 Å². The number of anilines is 1. The molecule has 1 saturated heterocycles. The number of aromatic nitrogens is 1. The van der Waals surface area contributed by atoms with Crippen LogP contribution in [0.1, 0.15) is 25.3 Å². The van der Waals surface area contributed by atoms with E-state index in [0.717, 1.165) is 38.5 Å². The highest BCUT2D eigenvalue weighted by Gasteiger charge is 2.17. The number of hydrogen-bond donors (Lipinski definition) is 1. The molecule has 1 aromatic heterocycles. The average molecular weight is 249 g/mol. The van der Waals surface area contributed by atoms with Crippen LogP contribution in [0.3, 0.4) is 0 Å². The molecule has 0 aliphatic carbocycles. The number of rotatable bonds is 4. The molecule has 2 rings (SSSR count). The van der Waals surface area contributed by atoms with Gasteiger partial charge in [0.1, 0.15) is 5.82 Å². The highest BCUT2D eigenvalue weighted by atomic mass is 16.3. The number of hydrogen-bond acceptors (Lipinski definition) is 4. The monoisotopic (exact) mass is 249 g/mol. The molecule has 0 spiro atoms. The van der Waals surface area contributed by atoms with E-state index in [0.29, 0.717) is 5.92 Å². The number of aliphatic hydroxyl groups excluding tert-OH is 1. The Hall–Kier alpha value is -1.13. The molecule has 0 radical (unpaired) electrons. The van der Waals surface area contributed by atoms with Crippen molar-refractivity contribution >= 4 is 5.82 Å². The number of nitrogens with zero attached hydrogens (tertiary/aromatic N) is 3. The summed E-state index contributed by atoms with van der Waals surface area (Å²) in [5, 5.41) is 8.93. The van der Waals surface area contributed by atoms with E-state index in [9.17, 15) is 0 Å². The molecule has 1 aliphatic heterocycles. The molecular formula is C14H23N3O. The van der Waals surface area contributed by atoms with Gasteiger partial charge in [-0.3, -0.25) is 4.90 Å². The lowest BCUT2D eigenvalue weighted by atomic mass is 10.0. The zero-order chi connectivity index (χ0) is 13.0. The van der Waals surface area contributed by atoms with Gasteiger partial charge in [-0.2, -0.15) is 0 Å². The summed E-state index contributed by atoms with van der Waals surface area (Å²) in [7, 11) is 0. The SMILES string of the molecule is CC(C)c1ccnc(N2CCN(CCO)CC2)c1. The van der Waals surface area contributed by atoms with Gasteiger partial charge in [0, 0.05) is 38.9 Å². The molecule has 0 bridgehead atoms. The molecule has 4 nitrogen and oxygen atoms in total. The van der Waals surface area contributed by atoms with Crippen molar-refractivity contribution in [3.63, 3.8) is 0 Å². The number of piperazine rings is 1. The summed E-state index contributed by atoms with van der Waals surface area (Å²) in [5.74, 6) is 1.63. The first kappa shape index (κ1) is 13.3. The Morgan fingerprint density at radius 2 is 2.00 bits per heavy atom. The second-order valence-corrected chi connectivity index (χ2v) is 5.15. The minimum Gasteiger partial charge on any atom is -0.395 e. The Morgan fingerprint density at radius 3 is 2.61 bits per heavy atom. The smallest absolute Gasteiger partial charge is 0.128 e. The van der Waals surface area contributed by atoms with Crippen LogP contribution >= 0.6 is 0 Å². The van der Waals surface area contributed by atoms with E-state index in [1.165, 1.54) is 5.56 Å². The molecule has 4 heteroatoms. The summed E-state index contributed by atoms with van der Waals surface area (Å²) < 4.78 is 0. The number of β-amino-alcohol motifs (C(OH)–C–C–N with tert-alkyl or cyclic N) is 1. The molecule has 0 atom stereocenters. The molecule has 1 aromatic rings. The summed E-state index contributed by atoms with van der Waals surface area (Å²) in [6.45, 7) is 9.45. The Kier molecular flexibility index (Phi) is 4.55. The Bertz CT molecular complexity index is 373. The molecule has 0 amide bonds. The number of aliphatic hydroxyl groups is 1. The van der Waals surface area contributed by atoms with Crippen molar-refractivity contribution in [2.75, 3.05) is 44.2 Å². The van der Waals surface area contributed by atoms with Gasteiger partial charge in [0.2, 0.25) is 0 Å². The van der Waals surface area contributed by atoms with Crippen LogP contribution in [0.2, 0.25) is 0 Å². The molecule has 0 aromatic carbocycles. The standard InChI is InChI=1S/C14H23N3O/c1-12(2)13-3-4-15-14(11-13)17-7-5-16(6-8-17)9-10-18/h3-4,11-12,18H,5-10H2,1-2H3. The highest BCUT2D eigenvalue weighted by Crippen LogP contribution is 2.20. The fourth-order valence-electron chi connectivity index (χ4n) is 2.31. The average Bonchev–Trinajstić information content (AvgIpc) is 2.40.